The van der Waals surface area contributed by atoms with Crippen molar-refractivity contribution in [1.29, 1.82) is 0 Å². The number of ether oxygens (including phenoxy) is 1. The lowest BCUT2D eigenvalue weighted by atomic mass is 10.1. The number of carbonyl (C=O) groups excluding carboxylic acids is 1. The lowest BCUT2D eigenvalue weighted by molar-refractivity contribution is 0.0240. The normalized spacial score (nSPS) is 16.0. The third-order valence-electron chi connectivity index (χ3n) is 10.8. The molecule has 332 valence electrons. The summed E-state index contributed by atoms with van der Waals surface area (Å²) in [5, 5.41) is 7.03. The highest BCUT2D eigenvalue weighted by Gasteiger charge is 2.30. The number of nitrogens with one attached hydrogen (secondary N) is 2. The van der Waals surface area contributed by atoms with E-state index in [0.717, 1.165) is 12.8 Å². The molecule has 2 N–H and O–H groups in total. The number of halogens is 2. The predicted octanol–water partition coefficient (Wildman–Crippen LogP) is 4.57. The Bertz CT molecular complexity index is 2260. The first-order valence-electron chi connectivity index (χ1n) is 21.4. The van der Waals surface area contributed by atoms with Crippen LogP contribution in [0, 0.1) is 0 Å². The topological polar surface area (TPSA) is 186 Å². The molecule has 3 aromatic heterocycles. The van der Waals surface area contributed by atoms with Gasteiger partial charge in [-0.2, -0.15) is 44.9 Å². The largest absolute Gasteiger partial charge is 0.444 e. The first-order valence-corrected chi connectivity index (χ1v) is 22.1. The Hall–Kier alpha value is -6.08. The number of hydrogen-bond acceptors (Lipinski definition) is 18. The van der Waals surface area contributed by atoms with Crippen molar-refractivity contribution in [3.05, 3.63) is 82.4 Å². The molecule has 0 bridgehead atoms. The van der Waals surface area contributed by atoms with Crippen LogP contribution >= 0.6 is 23.2 Å². The number of nitrogens with zero attached hydrogens (tertiary/aromatic N) is 15. The third kappa shape index (κ3) is 11.9. The zero-order valence-corrected chi connectivity index (χ0v) is 37.4. The summed E-state index contributed by atoms with van der Waals surface area (Å²) >= 11 is 12.2. The van der Waals surface area contributed by atoms with Crippen molar-refractivity contribution in [2.45, 2.75) is 39.2 Å². The molecule has 6 heterocycles. The van der Waals surface area contributed by atoms with E-state index in [0.29, 0.717) is 133 Å². The number of aromatic nitrogens is 9. The van der Waals surface area contributed by atoms with E-state index in [1.54, 1.807) is 4.90 Å². The van der Waals surface area contributed by atoms with E-state index in [2.05, 4.69) is 69.5 Å². The lowest BCUT2D eigenvalue weighted by Crippen LogP contribution is -2.51. The van der Waals surface area contributed by atoms with Gasteiger partial charge in [0.1, 0.15) is 5.60 Å². The Morgan fingerprint density at radius 2 is 0.841 bits per heavy atom. The molecule has 19 nitrogen and oxygen atoms in total. The fourth-order valence-electron chi connectivity index (χ4n) is 7.44. The number of hydrogen-bond donors (Lipinski definition) is 2. The molecule has 0 spiro atoms. The molecule has 3 fully saturated rings. The van der Waals surface area contributed by atoms with Crippen LogP contribution in [0.5, 0.6) is 0 Å². The smallest absolute Gasteiger partial charge is 0.410 e. The number of rotatable bonds is 13. The molecule has 1 amide bonds. The van der Waals surface area contributed by atoms with Gasteiger partial charge in [-0.05, 0) is 67.9 Å². The van der Waals surface area contributed by atoms with Crippen molar-refractivity contribution in [2.75, 3.05) is 127 Å². The van der Waals surface area contributed by atoms with Crippen LogP contribution in [0.15, 0.2) is 60.7 Å². The molecule has 0 saturated carbocycles. The SMILES string of the molecule is CC(C)(C)OC(=O)N1CCN(c2nc(NCCc3ccccc3)nc(N3CCN(c4nc(NCCc5ccccc5)nc(N5CCN(c6nc(Cl)nc(Cl)n6)CC5)n4)CC3)n2)CC1. The van der Waals surface area contributed by atoms with E-state index >= 15 is 0 Å². The molecular formula is C42H53Cl2N17O2. The quantitative estimate of drug-likeness (QED) is 0.167. The third-order valence-corrected chi connectivity index (χ3v) is 11.1. The molecule has 0 aliphatic carbocycles. The Kier molecular flexibility index (Phi) is 13.8. The van der Waals surface area contributed by atoms with Crippen molar-refractivity contribution >= 4 is 70.9 Å². The van der Waals surface area contributed by atoms with Crippen LogP contribution in [0.1, 0.15) is 31.9 Å². The molecule has 5 aromatic rings. The van der Waals surface area contributed by atoms with Gasteiger partial charge in [0.2, 0.25) is 52.2 Å². The first kappa shape index (κ1) is 43.6. The highest BCUT2D eigenvalue weighted by atomic mass is 35.5. The Labute approximate surface area is 377 Å². The maximum atomic E-state index is 12.8. The highest BCUT2D eigenvalue weighted by molar-refractivity contribution is 6.31. The maximum Gasteiger partial charge on any atom is 0.410 e. The standard InChI is InChI=1S/C42H53Cl2N17O2/c1-42(2,3)63-41(62)61-28-26-60(27-29-61)40-53-35(46-17-15-31-12-8-5-9-13-31)52-39(55-40)59-24-22-58(23-25-59)38-51-34(45-16-14-30-10-6-4-7-11-30)50-37(54-38)57-20-18-56(19-21-57)36-48-32(43)47-33(44)49-36/h4-13H,14-29H2,1-3H3,(H,45,50,51,54)(H,46,52,53,55). The van der Waals surface area contributed by atoms with E-state index in [-0.39, 0.29) is 16.7 Å². The molecule has 0 unspecified atom stereocenters. The van der Waals surface area contributed by atoms with Gasteiger partial charge >= 0.3 is 6.09 Å². The van der Waals surface area contributed by atoms with Crippen LogP contribution in [0.4, 0.5) is 46.4 Å². The summed E-state index contributed by atoms with van der Waals surface area (Å²) in [4.78, 5) is 67.3. The molecule has 3 saturated heterocycles. The Morgan fingerprint density at radius 3 is 1.19 bits per heavy atom. The van der Waals surface area contributed by atoms with E-state index in [1.807, 2.05) is 62.1 Å². The van der Waals surface area contributed by atoms with Crippen LogP contribution in [0.2, 0.25) is 10.6 Å². The average Bonchev–Trinajstić information content (AvgIpc) is 3.29. The van der Waals surface area contributed by atoms with E-state index in [4.69, 9.17) is 57.8 Å². The summed E-state index contributed by atoms with van der Waals surface area (Å²) in [6.07, 6.45) is 1.33. The minimum Gasteiger partial charge on any atom is -0.444 e. The number of piperazine rings is 3. The van der Waals surface area contributed by atoms with Gasteiger partial charge in [-0.15, -0.1) is 0 Å². The zero-order valence-electron chi connectivity index (χ0n) is 35.9. The summed E-state index contributed by atoms with van der Waals surface area (Å²) in [5.74, 6) is 3.83. The number of amides is 1. The monoisotopic (exact) mass is 897 g/mol. The van der Waals surface area contributed by atoms with E-state index in [1.165, 1.54) is 11.1 Å². The molecule has 21 heteroatoms. The summed E-state index contributed by atoms with van der Waals surface area (Å²) in [6.45, 7) is 14.1. The van der Waals surface area contributed by atoms with Gasteiger partial charge in [0, 0.05) is 91.6 Å². The molecule has 63 heavy (non-hydrogen) atoms. The van der Waals surface area contributed by atoms with Crippen molar-refractivity contribution in [2.24, 2.45) is 0 Å². The van der Waals surface area contributed by atoms with Crippen LogP contribution < -0.4 is 35.1 Å². The lowest BCUT2D eigenvalue weighted by Gasteiger charge is -2.37. The molecule has 3 aliphatic heterocycles. The van der Waals surface area contributed by atoms with Crippen LogP contribution in [-0.4, -0.2) is 153 Å². The predicted molar refractivity (Wildman–Crippen MR) is 246 cm³/mol. The summed E-state index contributed by atoms with van der Waals surface area (Å²) in [6, 6.07) is 20.7. The zero-order chi connectivity index (χ0) is 43.8. The highest BCUT2D eigenvalue weighted by Crippen LogP contribution is 2.25. The minimum absolute atomic E-state index is 0.0583. The molecule has 2 aromatic carbocycles. The Morgan fingerprint density at radius 1 is 0.508 bits per heavy atom. The second kappa shape index (κ2) is 20.0. The molecule has 0 atom stereocenters. The van der Waals surface area contributed by atoms with Crippen LogP contribution in [-0.2, 0) is 17.6 Å². The van der Waals surface area contributed by atoms with Crippen LogP contribution in [0.3, 0.4) is 0 Å². The molecule has 0 radical (unpaired) electrons. The summed E-state index contributed by atoms with van der Waals surface area (Å²) < 4.78 is 5.63. The van der Waals surface area contributed by atoms with Gasteiger partial charge in [0.25, 0.3) is 0 Å². The van der Waals surface area contributed by atoms with Crippen LogP contribution in [0.25, 0.3) is 0 Å². The summed E-state index contributed by atoms with van der Waals surface area (Å²) in [5.41, 5.74) is 1.89. The van der Waals surface area contributed by atoms with Crippen molar-refractivity contribution in [1.82, 2.24) is 49.8 Å². The van der Waals surface area contributed by atoms with E-state index < -0.39 is 5.60 Å². The Balaban J connectivity index is 0.968. The second-order valence-electron chi connectivity index (χ2n) is 16.4. The molecular weight excluding hydrogens is 845 g/mol. The fourth-order valence-corrected chi connectivity index (χ4v) is 7.80. The maximum absolute atomic E-state index is 12.8. The van der Waals surface area contributed by atoms with Gasteiger partial charge in [-0.3, -0.25) is 0 Å². The summed E-state index contributed by atoms with van der Waals surface area (Å²) in [7, 11) is 0. The van der Waals surface area contributed by atoms with Gasteiger partial charge < -0.3 is 44.8 Å². The van der Waals surface area contributed by atoms with E-state index in [9.17, 15) is 4.79 Å². The molecule has 8 rings (SSSR count). The molecule has 3 aliphatic rings. The second-order valence-corrected chi connectivity index (χ2v) is 17.1. The van der Waals surface area contributed by atoms with Gasteiger partial charge in [0.15, 0.2) is 0 Å². The number of benzene rings is 2. The van der Waals surface area contributed by atoms with Gasteiger partial charge in [-0.1, -0.05) is 60.7 Å². The van der Waals surface area contributed by atoms with Crippen molar-refractivity contribution in [3.8, 4) is 0 Å². The van der Waals surface area contributed by atoms with Crippen molar-refractivity contribution < 1.29 is 9.53 Å². The number of carbonyl (C=O) groups is 1. The first-order chi connectivity index (χ1) is 30.5. The average molecular weight is 899 g/mol. The van der Waals surface area contributed by atoms with Gasteiger partial charge in [-0.25, -0.2) is 4.79 Å². The number of anilines is 7. The van der Waals surface area contributed by atoms with Gasteiger partial charge in [0.05, 0.1) is 0 Å². The van der Waals surface area contributed by atoms with Crippen molar-refractivity contribution in [3.63, 3.8) is 0 Å². The minimum atomic E-state index is -0.561. The fraction of sp³-hybridized carbons (Fsp3) is 0.476.